The number of benzene rings is 1. The van der Waals surface area contributed by atoms with E-state index in [9.17, 15) is 5.11 Å². The Morgan fingerprint density at radius 3 is 2.89 bits per heavy atom. The van der Waals surface area contributed by atoms with E-state index in [0.29, 0.717) is 11.8 Å². The van der Waals surface area contributed by atoms with Crippen LogP contribution < -0.4 is 0 Å². The van der Waals surface area contributed by atoms with Gasteiger partial charge < -0.3 is 14.4 Å². The first kappa shape index (κ1) is 12.7. The van der Waals surface area contributed by atoms with Crippen molar-refractivity contribution >= 4 is 11.0 Å². The molecule has 2 atom stereocenters. The summed E-state index contributed by atoms with van der Waals surface area (Å²) in [6, 6.07) is 8.49. The number of fused-ring (bicyclic) bond motifs is 1. The van der Waals surface area contributed by atoms with E-state index in [1.807, 2.05) is 18.2 Å². The maximum absolute atomic E-state index is 10.9. The third kappa shape index (κ3) is 2.17. The van der Waals surface area contributed by atoms with Crippen molar-refractivity contribution in [3.8, 4) is 0 Å². The van der Waals surface area contributed by atoms with E-state index in [4.69, 9.17) is 4.42 Å². The summed E-state index contributed by atoms with van der Waals surface area (Å²) in [6.45, 7) is 5.11. The Hall–Kier alpha value is -1.32. The first-order chi connectivity index (χ1) is 8.98. The lowest BCUT2D eigenvalue weighted by molar-refractivity contribution is -0.0549. The van der Waals surface area contributed by atoms with Gasteiger partial charge in [-0.05, 0) is 51.9 Å². The molecule has 1 aromatic carbocycles. The Balaban J connectivity index is 1.99. The number of hydrogen-bond donors (Lipinski definition) is 1. The highest BCUT2D eigenvalue weighted by Crippen LogP contribution is 2.38. The van der Waals surface area contributed by atoms with Crippen molar-refractivity contribution in [1.29, 1.82) is 0 Å². The standard InChI is InChI=1S/C16H21NO2/c1-11-4-5-14-13(8-11)9-15(19-14)16(18)6-7-17(3)12(2)10-16/h4-5,8-9,12,18H,6-7,10H2,1-3H3. The molecule has 1 N–H and O–H groups in total. The van der Waals surface area contributed by atoms with Crippen molar-refractivity contribution in [3.05, 3.63) is 35.6 Å². The number of furan rings is 1. The van der Waals surface area contributed by atoms with Gasteiger partial charge in [-0.3, -0.25) is 0 Å². The topological polar surface area (TPSA) is 36.6 Å². The second kappa shape index (κ2) is 4.36. The summed E-state index contributed by atoms with van der Waals surface area (Å²) in [7, 11) is 2.10. The molecule has 2 heterocycles. The first-order valence-corrected chi connectivity index (χ1v) is 6.91. The van der Waals surface area contributed by atoms with Crippen LogP contribution in [0.2, 0.25) is 0 Å². The SMILES string of the molecule is Cc1ccc2oc(C3(O)CCN(C)C(C)C3)cc2c1. The number of piperidine rings is 1. The fraction of sp³-hybridized carbons (Fsp3) is 0.500. The van der Waals surface area contributed by atoms with E-state index >= 15 is 0 Å². The second-order valence-electron chi connectivity index (χ2n) is 5.97. The molecule has 3 nitrogen and oxygen atoms in total. The second-order valence-corrected chi connectivity index (χ2v) is 5.97. The van der Waals surface area contributed by atoms with Crippen LogP contribution in [0, 0.1) is 6.92 Å². The Morgan fingerprint density at radius 2 is 2.16 bits per heavy atom. The summed E-state index contributed by atoms with van der Waals surface area (Å²) in [5.74, 6) is 0.716. The van der Waals surface area contributed by atoms with Gasteiger partial charge in [0.25, 0.3) is 0 Å². The van der Waals surface area contributed by atoms with Crippen LogP contribution in [0.15, 0.2) is 28.7 Å². The average Bonchev–Trinajstić information content (AvgIpc) is 2.78. The summed E-state index contributed by atoms with van der Waals surface area (Å²) in [5, 5.41) is 12.0. The molecule has 0 saturated carbocycles. The minimum atomic E-state index is -0.821. The van der Waals surface area contributed by atoms with E-state index in [1.165, 1.54) is 5.56 Å². The van der Waals surface area contributed by atoms with Crippen LogP contribution in [0.4, 0.5) is 0 Å². The van der Waals surface area contributed by atoms with Gasteiger partial charge in [-0.2, -0.15) is 0 Å². The number of nitrogens with zero attached hydrogens (tertiary/aromatic N) is 1. The largest absolute Gasteiger partial charge is 0.458 e. The zero-order valence-electron chi connectivity index (χ0n) is 11.8. The summed E-state index contributed by atoms with van der Waals surface area (Å²) in [6.07, 6.45) is 1.45. The highest BCUT2D eigenvalue weighted by Gasteiger charge is 2.39. The molecule has 2 unspecified atom stereocenters. The van der Waals surface area contributed by atoms with Gasteiger partial charge in [-0.1, -0.05) is 11.6 Å². The predicted octanol–water partition coefficient (Wildman–Crippen LogP) is 3.04. The van der Waals surface area contributed by atoms with Crippen LogP contribution >= 0.6 is 0 Å². The van der Waals surface area contributed by atoms with Gasteiger partial charge in [0.2, 0.25) is 0 Å². The van der Waals surface area contributed by atoms with E-state index < -0.39 is 5.60 Å². The minimum absolute atomic E-state index is 0.369. The van der Waals surface area contributed by atoms with Crippen molar-refractivity contribution in [1.82, 2.24) is 4.90 Å². The maximum Gasteiger partial charge on any atom is 0.137 e. The molecule has 0 bridgehead atoms. The molecule has 0 radical (unpaired) electrons. The number of rotatable bonds is 1. The molecule has 1 aliphatic heterocycles. The summed E-state index contributed by atoms with van der Waals surface area (Å²) in [5.41, 5.74) is 1.25. The highest BCUT2D eigenvalue weighted by molar-refractivity contribution is 5.78. The maximum atomic E-state index is 10.9. The van der Waals surface area contributed by atoms with E-state index in [1.54, 1.807) is 0 Å². The Kier molecular flexibility index (Phi) is 2.91. The molecular weight excluding hydrogens is 238 g/mol. The van der Waals surface area contributed by atoms with Crippen LogP contribution in [-0.2, 0) is 5.60 Å². The molecule has 0 amide bonds. The molecule has 1 aromatic heterocycles. The average molecular weight is 259 g/mol. The molecule has 1 saturated heterocycles. The highest BCUT2D eigenvalue weighted by atomic mass is 16.4. The van der Waals surface area contributed by atoms with Crippen molar-refractivity contribution in [2.75, 3.05) is 13.6 Å². The molecule has 1 aliphatic rings. The number of hydrogen-bond acceptors (Lipinski definition) is 3. The lowest BCUT2D eigenvalue weighted by Gasteiger charge is -2.39. The molecular formula is C16H21NO2. The lowest BCUT2D eigenvalue weighted by atomic mass is 9.85. The number of aliphatic hydroxyl groups is 1. The summed E-state index contributed by atoms with van der Waals surface area (Å²) in [4.78, 5) is 2.28. The van der Waals surface area contributed by atoms with E-state index in [2.05, 4.69) is 31.9 Å². The van der Waals surface area contributed by atoms with Crippen molar-refractivity contribution < 1.29 is 9.52 Å². The van der Waals surface area contributed by atoms with Gasteiger partial charge >= 0.3 is 0 Å². The zero-order chi connectivity index (χ0) is 13.6. The van der Waals surface area contributed by atoms with Crippen molar-refractivity contribution in [2.24, 2.45) is 0 Å². The Morgan fingerprint density at radius 1 is 1.37 bits per heavy atom. The van der Waals surface area contributed by atoms with Gasteiger partial charge in [0.05, 0.1) is 0 Å². The quantitative estimate of drug-likeness (QED) is 0.855. The molecule has 0 spiro atoms. The normalized spacial score (nSPS) is 28.9. The molecule has 1 fully saturated rings. The molecule has 102 valence electrons. The molecule has 0 aliphatic carbocycles. The van der Waals surface area contributed by atoms with Gasteiger partial charge in [0.1, 0.15) is 16.9 Å². The molecule has 19 heavy (non-hydrogen) atoms. The number of likely N-dealkylation sites (tertiary alicyclic amines) is 1. The third-order valence-corrected chi connectivity index (χ3v) is 4.39. The Labute approximate surface area is 113 Å². The first-order valence-electron chi connectivity index (χ1n) is 6.91. The van der Waals surface area contributed by atoms with Crippen LogP contribution in [0.3, 0.4) is 0 Å². The lowest BCUT2D eigenvalue weighted by Crippen LogP contribution is -2.45. The van der Waals surface area contributed by atoms with E-state index in [-0.39, 0.29) is 0 Å². The smallest absolute Gasteiger partial charge is 0.137 e. The summed E-state index contributed by atoms with van der Waals surface area (Å²) >= 11 is 0. The van der Waals surface area contributed by atoms with Crippen LogP contribution in [0.25, 0.3) is 11.0 Å². The van der Waals surface area contributed by atoms with Crippen molar-refractivity contribution in [2.45, 2.75) is 38.3 Å². The van der Waals surface area contributed by atoms with Gasteiger partial charge in [0, 0.05) is 18.0 Å². The fourth-order valence-electron chi connectivity index (χ4n) is 2.94. The van der Waals surface area contributed by atoms with Gasteiger partial charge in [-0.15, -0.1) is 0 Å². The van der Waals surface area contributed by atoms with Crippen LogP contribution in [0.5, 0.6) is 0 Å². The van der Waals surface area contributed by atoms with Crippen LogP contribution in [-0.4, -0.2) is 29.6 Å². The van der Waals surface area contributed by atoms with Gasteiger partial charge in [0.15, 0.2) is 0 Å². The third-order valence-electron chi connectivity index (χ3n) is 4.39. The predicted molar refractivity (Wildman–Crippen MR) is 76.2 cm³/mol. The minimum Gasteiger partial charge on any atom is -0.458 e. The molecule has 2 aromatic rings. The Bertz CT molecular complexity index is 604. The monoisotopic (exact) mass is 259 g/mol. The molecule has 3 heteroatoms. The summed E-state index contributed by atoms with van der Waals surface area (Å²) < 4.78 is 5.88. The zero-order valence-corrected chi connectivity index (χ0v) is 11.8. The van der Waals surface area contributed by atoms with Gasteiger partial charge in [-0.25, -0.2) is 0 Å². The number of aryl methyl sites for hydroxylation is 1. The fourth-order valence-corrected chi connectivity index (χ4v) is 2.94. The van der Waals surface area contributed by atoms with Crippen LogP contribution in [0.1, 0.15) is 31.1 Å². The van der Waals surface area contributed by atoms with Crippen molar-refractivity contribution in [3.63, 3.8) is 0 Å². The van der Waals surface area contributed by atoms with E-state index in [0.717, 1.165) is 30.4 Å². The molecule has 3 rings (SSSR count).